The van der Waals surface area contributed by atoms with Crippen LogP contribution in [0, 0.1) is 25.2 Å². The van der Waals surface area contributed by atoms with Gasteiger partial charge in [0.25, 0.3) is 5.56 Å². The van der Waals surface area contributed by atoms with Crippen molar-refractivity contribution in [1.82, 2.24) is 19.7 Å². The summed E-state index contributed by atoms with van der Waals surface area (Å²) in [6.07, 6.45) is 6.17. The molecule has 1 aromatic carbocycles. The van der Waals surface area contributed by atoms with Crippen LogP contribution in [0.15, 0.2) is 29.1 Å². The molecule has 2 aliphatic heterocycles. The number of aryl methyl sites for hydroxylation is 1. The van der Waals surface area contributed by atoms with E-state index in [4.69, 9.17) is 20.9 Å². The smallest absolute Gasteiger partial charge is 0.380 e. The molecule has 1 amide bonds. The number of hydrogen-bond donors (Lipinski definition) is 1. The van der Waals surface area contributed by atoms with Crippen molar-refractivity contribution in [2.24, 2.45) is 13.0 Å². The van der Waals surface area contributed by atoms with Gasteiger partial charge in [0.15, 0.2) is 5.82 Å². The highest BCUT2D eigenvalue weighted by atomic mass is 19.4. The number of pyridine rings is 1. The summed E-state index contributed by atoms with van der Waals surface area (Å²) in [6, 6.07) is 4.76. The number of rotatable bonds is 7. The number of terminal acetylenes is 1. The number of benzene rings is 1. The van der Waals surface area contributed by atoms with Gasteiger partial charge in [-0.25, -0.2) is 4.68 Å². The number of halogens is 3. The van der Waals surface area contributed by atoms with E-state index in [-0.39, 0.29) is 40.2 Å². The maximum atomic E-state index is 13.8. The number of carbonyl (C=O) groups is 1. The van der Waals surface area contributed by atoms with Gasteiger partial charge < -0.3 is 19.7 Å². The Hall–Kier alpha value is -3.95. The summed E-state index contributed by atoms with van der Waals surface area (Å²) in [5, 5.41) is 8.62. The molecule has 244 valence electrons. The third-order valence-electron chi connectivity index (χ3n) is 9.97. The Labute approximate surface area is 265 Å². The number of ether oxygens (including phenoxy) is 2. The Morgan fingerprint density at radius 3 is 2.50 bits per heavy atom. The Kier molecular flexibility index (Phi) is 8.59. The highest BCUT2D eigenvalue weighted by Crippen LogP contribution is 2.42. The molecule has 2 saturated heterocycles. The van der Waals surface area contributed by atoms with E-state index in [1.54, 1.807) is 19.2 Å². The van der Waals surface area contributed by atoms with Crippen molar-refractivity contribution < 1.29 is 27.4 Å². The summed E-state index contributed by atoms with van der Waals surface area (Å²) in [6.45, 7) is 3.25. The fourth-order valence-electron chi connectivity index (χ4n) is 7.13. The van der Waals surface area contributed by atoms with Gasteiger partial charge in [-0.05, 0) is 55.9 Å². The second-order valence-electron chi connectivity index (χ2n) is 12.6. The lowest BCUT2D eigenvalue weighted by atomic mass is 9.85. The molecule has 1 N–H and O–H groups in total. The Balaban J connectivity index is 1.46. The van der Waals surface area contributed by atoms with Gasteiger partial charge in [-0.3, -0.25) is 14.6 Å². The molecule has 0 spiro atoms. The number of piperidine rings is 1. The zero-order chi connectivity index (χ0) is 32.8. The number of nitrogens with one attached hydrogen (secondary N) is 1. The molecule has 0 unspecified atom stereocenters. The standard InChI is InChI=1S/C34H38F3N5O4/c1-5-26(23-11-8-12-25(20(23)2)34(35,36)37)38-30-24-17-27(33(45-4)13-15-42(16-14-33)31(43)22-18-46-19-22)39-29(21-9-6-7-10-21)28(24)32(44)41(3)40-30/h1,8,11-12,17,21-22,26H,6-7,9-10,13-16,18-19H2,2-4H3,(H,38,40)/t26-/m1/s1. The Morgan fingerprint density at radius 2 is 1.91 bits per heavy atom. The van der Waals surface area contributed by atoms with Crippen molar-refractivity contribution in [3.8, 4) is 12.3 Å². The molecule has 1 aliphatic carbocycles. The van der Waals surface area contributed by atoms with E-state index < -0.39 is 23.4 Å². The molecule has 46 heavy (non-hydrogen) atoms. The number of alkyl halides is 3. The molecule has 1 saturated carbocycles. The van der Waals surface area contributed by atoms with Gasteiger partial charge >= 0.3 is 6.18 Å². The zero-order valence-electron chi connectivity index (χ0n) is 26.2. The summed E-state index contributed by atoms with van der Waals surface area (Å²) in [5.41, 5.74) is -0.300. The molecular formula is C34H38F3N5O4. The summed E-state index contributed by atoms with van der Waals surface area (Å²) in [7, 11) is 3.17. The average molecular weight is 638 g/mol. The molecule has 6 rings (SSSR count). The molecule has 12 heteroatoms. The number of likely N-dealkylation sites (tertiary alicyclic amines) is 1. The van der Waals surface area contributed by atoms with Gasteiger partial charge in [-0.1, -0.05) is 30.9 Å². The lowest BCUT2D eigenvalue weighted by Gasteiger charge is -2.42. The van der Waals surface area contributed by atoms with E-state index in [0.29, 0.717) is 61.3 Å². The number of fused-ring (bicyclic) bond motifs is 1. The second-order valence-corrected chi connectivity index (χ2v) is 12.6. The zero-order valence-corrected chi connectivity index (χ0v) is 26.2. The predicted octanol–water partition coefficient (Wildman–Crippen LogP) is 5.21. The molecule has 3 aromatic rings. The van der Waals surface area contributed by atoms with Gasteiger partial charge in [0, 0.05) is 38.6 Å². The molecule has 4 heterocycles. The lowest BCUT2D eigenvalue weighted by molar-refractivity contribution is -0.155. The fourth-order valence-corrected chi connectivity index (χ4v) is 7.13. The van der Waals surface area contributed by atoms with Crippen LogP contribution in [0.2, 0.25) is 0 Å². The number of nitrogens with zero attached hydrogens (tertiary/aromatic N) is 4. The van der Waals surface area contributed by atoms with Crippen LogP contribution >= 0.6 is 0 Å². The first-order valence-corrected chi connectivity index (χ1v) is 15.7. The number of carbonyl (C=O) groups excluding carboxylic acids is 1. The van der Waals surface area contributed by atoms with Gasteiger partial charge in [-0.15, -0.1) is 6.42 Å². The average Bonchev–Trinajstić information content (AvgIpc) is 3.55. The first-order chi connectivity index (χ1) is 22.0. The normalized spacial score (nSPS) is 19.5. The van der Waals surface area contributed by atoms with Crippen molar-refractivity contribution in [1.29, 1.82) is 0 Å². The SMILES string of the molecule is C#C[C@@H](Nc1nn(C)c(=O)c2c(C3CCCC3)nc(C3(OC)CCN(C(=O)C4COC4)CC3)cc12)c1cccc(C(F)(F)F)c1C. The number of hydrogen-bond acceptors (Lipinski definition) is 7. The highest BCUT2D eigenvalue weighted by molar-refractivity contribution is 5.93. The molecule has 0 bridgehead atoms. The maximum Gasteiger partial charge on any atom is 0.416 e. The molecule has 2 aromatic heterocycles. The summed E-state index contributed by atoms with van der Waals surface area (Å²) in [4.78, 5) is 33.7. The topological polar surface area (TPSA) is 98.6 Å². The Bertz CT molecular complexity index is 1750. The lowest BCUT2D eigenvalue weighted by Crippen LogP contribution is -2.51. The molecule has 1 atom stereocenters. The van der Waals surface area contributed by atoms with Gasteiger partial charge in [0.05, 0.1) is 41.5 Å². The first kappa shape index (κ1) is 32.0. The third-order valence-corrected chi connectivity index (χ3v) is 9.97. The Morgan fingerprint density at radius 1 is 1.22 bits per heavy atom. The van der Waals surface area contributed by atoms with Gasteiger partial charge in [0.1, 0.15) is 11.6 Å². The van der Waals surface area contributed by atoms with E-state index >= 15 is 0 Å². The largest absolute Gasteiger partial charge is 0.416 e. The van der Waals surface area contributed by atoms with E-state index in [2.05, 4.69) is 16.3 Å². The maximum absolute atomic E-state index is 13.8. The van der Waals surface area contributed by atoms with E-state index in [1.807, 2.05) is 4.90 Å². The van der Waals surface area contributed by atoms with Crippen molar-refractivity contribution in [3.63, 3.8) is 0 Å². The van der Waals surface area contributed by atoms with Crippen LogP contribution in [0.25, 0.3) is 10.8 Å². The third kappa shape index (κ3) is 5.64. The monoisotopic (exact) mass is 637 g/mol. The van der Waals surface area contributed by atoms with Crippen LogP contribution < -0.4 is 10.9 Å². The van der Waals surface area contributed by atoms with Crippen LogP contribution in [0.4, 0.5) is 19.0 Å². The minimum Gasteiger partial charge on any atom is -0.380 e. The number of methoxy groups -OCH3 is 1. The van der Waals surface area contributed by atoms with Crippen molar-refractivity contribution >= 4 is 22.5 Å². The van der Waals surface area contributed by atoms with Crippen molar-refractivity contribution in [3.05, 3.63) is 62.7 Å². The van der Waals surface area contributed by atoms with E-state index in [0.717, 1.165) is 31.7 Å². The summed E-state index contributed by atoms with van der Waals surface area (Å²) in [5.74, 6) is 2.88. The summed E-state index contributed by atoms with van der Waals surface area (Å²) < 4.78 is 54.0. The van der Waals surface area contributed by atoms with Gasteiger partial charge in [0.2, 0.25) is 5.91 Å². The first-order valence-electron chi connectivity index (χ1n) is 15.7. The predicted molar refractivity (Wildman–Crippen MR) is 166 cm³/mol. The highest BCUT2D eigenvalue weighted by Gasteiger charge is 2.42. The quantitative estimate of drug-likeness (QED) is 0.355. The molecule has 3 aliphatic rings. The second kappa shape index (κ2) is 12.3. The molecular weight excluding hydrogens is 599 g/mol. The van der Waals surface area contributed by atoms with Crippen LogP contribution in [0.1, 0.15) is 78.6 Å². The number of aromatic nitrogens is 3. The van der Waals surface area contributed by atoms with Crippen molar-refractivity contribution in [2.75, 3.05) is 38.7 Å². The van der Waals surface area contributed by atoms with Crippen LogP contribution in [0.3, 0.4) is 0 Å². The summed E-state index contributed by atoms with van der Waals surface area (Å²) >= 11 is 0. The minimum absolute atomic E-state index is 0.0154. The molecule has 0 radical (unpaired) electrons. The van der Waals surface area contributed by atoms with E-state index in [1.165, 1.54) is 24.7 Å². The van der Waals surface area contributed by atoms with E-state index in [9.17, 15) is 22.8 Å². The van der Waals surface area contributed by atoms with Crippen molar-refractivity contribution in [2.45, 2.75) is 69.2 Å². The van der Waals surface area contributed by atoms with Crippen LogP contribution in [-0.4, -0.2) is 59.0 Å². The van der Waals surface area contributed by atoms with Gasteiger partial charge in [-0.2, -0.15) is 18.3 Å². The molecule has 9 nitrogen and oxygen atoms in total. The number of amides is 1. The minimum atomic E-state index is -4.54. The van der Waals surface area contributed by atoms with Crippen LogP contribution in [0.5, 0.6) is 0 Å². The number of anilines is 1. The fraction of sp³-hybridized carbons (Fsp3) is 0.529. The molecule has 3 fully saturated rings. The van der Waals surface area contributed by atoms with Crippen LogP contribution in [-0.2, 0) is 33.1 Å².